The number of hydrogen-bond acceptors (Lipinski definition) is 2. The van der Waals surface area contributed by atoms with E-state index in [-0.39, 0.29) is 0 Å². The van der Waals surface area contributed by atoms with E-state index in [4.69, 9.17) is 0 Å². The Morgan fingerprint density at radius 2 is 0.758 bits per heavy atom. The van der Waals surface area contributed by atoms with Gasteiger partial charge in [0.05, 0.1) is 6.61 Å². The van der Waals surface area contributed by atoms with Gasteiger partial charge in [0.25, 0.3) is 0 Å². The van der Waals surface area contributed by atoms with Gasteiger partial charge in [-0.15, -0.1) is 0 Å². The molecule has 0 spiro atoms. The fourth-order valence-corrected chi connectivity index (χ4v) is 1.84. The van der Waals surface area contributed by atoms with Crippen LogP contribution in [0.1, 0.15) is 6.92 Å². The maximum absolute atomic E-state index is 13.9. The highest BCUT2D eigenvalue weighted by molar-refractivity contribution is 5.82. The van der Waals surface area contributed by atoms with Crippen molar-refractivity contribution in [3.05, 3.63) is 0 Å². The highest BCUT2D eigenvalue weighted by atomic mass is 19.4. The largest absolute Gasteiger partial charge is 0.463 e. The van der Waals surface area contributed by atoms with Gasteiger partial charge in [0.15, 0.2) is 0 Å². The Kier molecular flexibility index (Phi) is 7.40. The third kappa shape index (κ3) is 3.81. The maximum atomic E-state index is 13.9. The fourth-order valence-electron chi connectivity index (χ4n) is 1.84. The molecule has 0 aliphatic rings. The lowest BCUT2D eigenvalue weighted by Gasteiger charge is -2.44. The molecule has 0 aromatic rings. The molecule has 2 nitrogen and oxygen atoms in total. The topological polar surface area (TPSA) is 26.3 Å². The molecule has 0 N–H and O–H groups in total. The molecule has 1 unspecified atom stereocenters. The molecule has 0 radical (unpaired) electrons. The molecule has 21 heteroatoms. The Bertz CT molecular complexity index is 732. The summed E-state index contributed by atoms with van der Waals surface area (Å²) in [5.74, 6) is -56.7. The molecule has 1 atom stereocenters. The lowest BCUT2D eigenvalue weighted by Crippen LogP contribution is -2.77. The van der Waals surface area contributed by atoms with Crippen LogP contribution in [0.15, 0.2) is 0 Å². The van der Waals surface area contributed by atoms with Crippen molar-refractivity contribution in [3.63, 3.8) is 0 Å². The second-order valence-electron chi connectivity index (χ2n) is 5.82. The SMILES string of the molecule is CCOC(=O)C(F)(C(F)(F)F)C(F)(F)C(F)(F)C(F)(F)C(F)(F)C(F)(F)C(F)(F)C(F)(F)F. The van der Waals surface area contributed by atoms with Gasteiger partial charge < -0.3 is 4.74 Å². The van der Waals surface area contributed by atoms with Crippen LogP contribution in [0.25, 0.3) is 0 Å². The highest BCUT2D eigenvalue weighted by Crippen LogP contribution is 2.65. The van der Waals surface area contributed by atoms with Crippen LogP contribution in [0.2, 0.25) is 0 Å². The molecule has 0 aromatic carbocycles. The van der Waals surface area contributed by atoms with Crippen molar-refractivity contribution in [1.29, 1.82) is 0 Å². The van der Waals surface area contributed by atoms with Crippen LogP contribution in [-0.2, 0) is 9.53 Å². The first-order chi connectivity index (χ1) is 14.0. The van der Waals surface area contributed by atoms with Crippen molar-refractivity contribution in [2.24, 2.45) is 0 Å². The predicted molar refractivity (Wildman–Crippen MR) is 62.3 cm³/mol. The summed E-state index contributed by atoms with van der Waals surface area (Å²) in [5, 5.41) is 0. The van der Waals surface area contributed by atoms with Crippen LogP contribution < -0.4 is 0 Å². The van der Waals surface area contributed by atoms with E-state index >= 15 is 0 Å². The van der Waals surface area contributed by atoms with E-state index < -0.39 is 66.1 Å². The summed E-state index contributed by atoms with van der Waals surface area (Å²) in [6.07, 6.45) is -15.7. The van der Waals surface area contributed by atoms with Gasteiger partial charge in [-0.05, 0) is 6.92 Å². The van der Waals surface area contributed by atoms with Gasteiger partial charge in [-0.3, -0.25) is 0 Å². The van der Waals surface area contributed by atoms with E-state index in [9.17, 15) is 88.2 Å². The van der Waals surface area contributed by atoms with E-state index in [2.05, 4.69) is 4.74 Å². The van der Waals surface area contributed by atoms with Crippen molar-refractivity contribution in [2.75, 3.05) is 6.61 Å². The Morgan fingerprint density at radius 1 is 0.485 bits per heavy atom. The quantitative estimate of drug-likeness (QED) is 0.270. The molecule has 0 aliphatic carbocycles. The highest BCUT2D eigenvalue weighted by Gasteiger charge is 2.97. The van der Waals surface area contributed by atoms with E-state index in [0.29, 0.717) is 6.92 Å². The van der Waals surface area contributed by atoms with Gasteiger partial charge in [-0.25, -0.2) is 9.18 Å². The van der Waals surface area contributed by atoms with Crippen LogP contribution in [0.3, 0.4) is 0 Å². The maximum Gasteiger partial charge on any atom is 0.460 e. The summed E-state index contributed by atoms with van der Waals surface area (Å²) in [5.41, 5.74) is -7.72. The normalized spacial score (nSPS) is 17.6. The lowest BCUT2D eigenvalue weighted by atomic mass is 9.84. The van der Waals surface area contributed by atoms with Crippen LogP contribution in [0, 0.1) is 0 Å². The smallest absolute Gasteiger partial charge is 0.460 e. The fraction of sp³-hybridized carbons (Fsp3) is 0.917. The minimum Gasteiger partial charge on any atom is -0.463 e. The summed E-state index contributed by atoms with van der Waals surface area (Å²) >= 11 is 0. The van der Waals surface area contributed by atoms with E-state index in [0.717, 1.165) is 0 Å². The molecule has 0 rings (SSSR count). The number of halogens is 19. The Balaban J connectivity index is 7.15. The second kappa shape index (κ2) is 7.84. The number of hydrogen-bond donors (Lipinski definition) is 0. The minimum atomic E-state index is -9.00. The standard InChI is InChI=1S/C12H5F19O2/c1-2-33-3(32)4(13,11(26,27)28)5(14,15)6(16,17)7(18,19)8(20,21)9(22,23)10(24,25)12(29,30)31/h2H2,1H3. The monoisotopic (exact) mass is 542 g/mol. The summed E-state index contributed by atoms with van der Waals surface area (Å²) in [4.78, 5) is 10.9. The van der Waals surface area contributed by atoms with Gasteiger partial charge in [0.1, 0.15) is 0 Å². The van der Waals surface area contributed by atoms with Gasteiger partial charge in [0.2, 0.25) is 0 Å². The summed E-state index contributed by atoms with van der Waals surface area (Å²) < 4.78 is 249. The summed E-state index contributed by atoms with van der Waals surface area (Å²) in [6.45, 7) is -1.21. The van der Waals surface area contributed by atoms with Crippen LogP contribution in [0.4, 0.5) is 83.4 Å². The van der Waals surface area contributed by atoms with Crippen molar-refractivity contribution in [2.45, 2.75) is 60.5 Å². The number of carbonyl (C=O) groups excluding carboxylic acids is 1. The number of carbonyl (C=O) groups is 1. The molecule has 0 heterocycles. The summed E-state index contributed by atoms with van der Waals surface area (Å²) in [7, 11) is 0. The second-order valence-corrected chi connectivity index (χ2v) is 5.82. The zero-order valence-corrected chi connectivity index (χ0v) is 14.7. The van der Waals surface area contributed by atoms with Crippen LogP contribution in [-0.4, -0.2) is 66.1 Å². The average molecular weight is 542 g/mol. The van der Waals surface area contributed by atoms with Gasteiger partial charge in [0, 0.05) is 0 Å². The first-order valence-electron chi connectivity index (χ1n) is 7.24. The first kappa shape index (κ1) is 31.1. The average Bonchev–Trinajstić information content (AvgIpc) is 2.57. The molecule has 0 fully saturated rings. The lowest BCUT2D eigenvalue weighted by molar-refractivity contribution is -0.462. The van der Waals surface area contributed by atoms with E-state index in [1.807, 2.05) is 0 Å². The zero-order valence-electron chi connectivity index (χ0n) is 14.7. The van der Waals surface area contributed by atoms with Crippen molar-refractivity contribution >= 4 is 5.97 Å². The van der Waals surface area contributed by atoms with Gasteiger partial charge in [-0.1, -0.05) is 0 Å². The first-order valence-corrected chi connectivity index (χ1v) is 7.24. The third-order valence-corrected chi connectivity index (χ3v) is 3.71. The van der Waals surface area contributed by atoms with Crippen molar-refractivity contribution in [1.82, 2.24) is 0 Å². The van der Waals surface area contributed by atoms with E-state index in [1.54, 1.807) is 0 Å². The van der Waals surface area contributed by atoms with Crippen LogP contribution >= 0.6 is 0 Å². The number of alkyl halides is 19. The molecule has 0 aromatic heterocycles. The number of ether oxygens (including phenoxy) is 1. The molecule has 0 aliphatic heterocycles. The van der Waals surface area contributed by atoms with E-state index in [1.165, 1.54) is 0 Å². The Morgan fingerprint density at radius 3 is 1.00 bits per heavy atom. The van der Waals surface area contributed by atoms with Gasteiger partial charge >= 0.3 is 59.5 Å². The molecule has 33 heavy (non-hydrogen) atoms. The molecular formula is C12H5F19O2. The summed E-state index contributed by atoms with van der Waals surface area (Å²) in [6, 6.07) is 0. The van der Waals surface area contributed by atoms with Crippen molar-refractivity contribution < 1.29 is 92.9 Å². The minimum absolute atomic E-state index is 0.382. The number of esters is 1. The molecule has 0 bridgehead atoms. The Labute approximate surface area is 167 Å². The number of rotatable bonds is 8. The van der Waals surface area contributed by atoms with Crippen LogP contribution in [0.5, 0.6) is 0 Å². The zero-order chi connectivity index (χ0) is 27.5. The molecule has 0 amide bonds. The molecule has 0 saturated carbocycles. The predicted octanol–water partition coefficient (Wildman–Crippen LogP) is 6.19. The Hall–Kier alpha value is -1.86. The van der Waals surface area contributed by atoms with Gasteiger partial charge in [-0.2, -0.15) is 79.0 Å². The third-order valence-electron chi connectivity index (χ3n) is 3.71. The molecule has 198 valence electrons. The molecular weight excluding hydrogens is 537 g/mol. The van der Waals surface area contributed by atoms with Crippen molar-refractivity contribution in [3.8, 4) is 0 Å². The molecule has 0 saturated heterocycles.